The normalized spacial score (nSPS) is 14.2. The van der Waals surface area contributed by atoms with Crippen LogP contribution in [0.25, 0.3) is 0 Å². The van der Waals surface area contributed by atoms with Crippen LogP contribution in [0.15, 0.2) is 35.3 Å². The number of benzene rings is 1. The van der Waals surface area contributed by atoms with Crippen LogP contribution in [0.4, 0.5) is 4.79 Å². The number of nitrogens with zero attached hydrogens (tertiary/aromatic N) is 3. The lowest BCUT2D eigenvalue weighted by Gasteiger charge is -2.35. The Balaban J connectivity index is 0.00000364. The molecule has 27 heavy (non-hydrogen) atoms. The van der Waals surface area contributed by atoms with Crippen molar-refractivity contribution >= 4 is 41.9 Å². The van der Waals surface area contributed by atoms with Gasteiger partial charge in [-0.2, -0.15) is 0 Å². The number of aliphatic imine (C=N–C) groups is 1. The predicted octanol–water partition coefficient (Wildman–Crippen LogP) is 1.38. The Labute approximate surface area is 177 Å². The summed E-state index contributed by atoms with van der Waals surface area (Å²) in [6.07, 6.45) is -0.265. The average Bonchev–Trinajstić information content (AvgIpc) is 2.69. The Morgan fingerprint density at radius 3 is 2.22 bits per heavy atom. The van der Waals surface area contributed by atoms with E-state index >= 15 is 0 Å². The van der Waals surface area contributed by atoms with Crippen molar-refractivity contribution in [3.63, 3.8) is 0 Å². The summed E-state index contributed by atoms with van der Waals surface area (Å²) < 4.78 is 5.02. The Morgan fingerprint density at radius 1 is 1.04 bits per heavy atom. The Bertz CT molecular complexity index is 619. The summed E-state index contributed by atoms with van der Waals surface area (Å²) in [4.78, 5) is 31.8. The number of guanidine groups is 1. The molecule has 2 amide bonds. The smallest absolute Gasteiger partial charge is 0.409 e. The fourth-order valence-corrected chi connectivity index (χ4v) is 2.69. The maximum absolute atomic E-state index is 12.0. The van der Waals surface area contributed by atoms with Gasteiger partial charge in [0.1, 0.15) is 0 Å². The summed E-state index contributed by atoms with van der Waals surface area (Å²) in [6, 6.07) is 9.12. The van der Waals surface area contributed by atoms with Crippen LogP contribution in [0.2, 0.25) is 0 Å². The minimum Gasteiger partial charge on any atom is -0.450 e. The van der Waals surface area contributed by atoms with Gasteiger partial charge in [0.2, 0.25) is 0 Å². The number of hydrogen-bond donors (Lipinski definition) is 2. The van der Waals surface area contributed by atoms with Crippen LogP contribution < -0.4 is 10.6 Å². The molecule has 1 aromatic rings. The highest BCUT2D eigenvalue weighted by molar-refractivity contribution is 14.0. The van der Waals surface area contributed by atoms with Crippen LogP contribution in [0.1, 0.15) is 17.3 Å². The first-order chi connectivity index (χ1) is 12.7. The van der Waals surface area contributed by atoms with Crippen LogP contribution in [0.5, 0.6) is 0 Å². The summed E-state index contributed by atoms with van der Waals surface area (Å²) in [5.41, 5.74) is 0.645. The van der Waals surface area contributed by atoms with Gasteiger partial charge in [0.15, 0.2) is 5.96 Å². The molecule has 1 heterocycles. The zero-order valence-electron chi connectivity index (χ0n) is 15.8. The molecule has 8 nitrogen and oxygen atoms in total. The number of rotatable bonds is 5. The van der Waals surface area contributed by atoms with Gasteiger partial charge in [0, 0.05) is 51.9 Å². The van der Waals surface area contributed by atoms with Crippen LogP contribution >= 0.6 is 24.0 Å². The second-order valence-corrected chi connectivity index (χ2v) is 5.77. The van der Waals surface area contributed by atoms with Gasteiger partial charge in [-0.15, -0.1) is 24.0 Å². The highest BCUT2D eigenvalue weighted by atomic mass is 127. The van der Waals surface area contributed by atoms with E-state index in [0.29, 0.717) is 51.4 Å². The van der Waals surface area contributed by atoms with Crippen molar-refractivity contribution < 1.29 is 14.3 Å². The van der Waals surface area contributed by atoms with Crippen LogP contribution in [0, 0.1) is 0 Å². The Hall–Kier alpha value is -2.04. The number of carbonyl (C=O) groups is 2. The summed E-state index contributed by atoms with van der Waals surface area (Å²) >= 11 is 0. The van der Waals surface area contributed by atoms with Crippen molar-refractivity contribution in [3.05, 3.63) is 35.9 Å². The number of halogens is 1. The molecule has 1 aliphatic rings. The van der Waals surface area contributed by atoms with Gasteiger partial charge in [-0.05, 0) is 19.1 Å². The fraction of sp³-hybridized carbons (Fsp3) is 0.500. The minimum atomic E-state index is -0.265. The lowest BCUT2D eigenvalue weighted by molar-refractivity contribution is 0.0914. The van der Waals surface area contributed by atoms with Crippen molar-refractivity contribution in [2.75, 3.05) is 52.9 Å². The summed E-state index contributed by atoms with van der Waals surface area (Å²) in [5.74, 6) is 0.674. The third kappa shape index (κ3) is 7.24. The molecule has 9 heteroatoms. The van der Waals surface area contributed by atoms with E-state index in [9.17, 15) is 9.59 Å². The second-order valence-electron chi connectivity index (χ2n) is 5.77. The van der Waals surface area contributed by atoms with Crippen molar-refractivity contribution in [3.8, 4) is 0 Å². The van der Waals surface area contributed by atoms with Gasteiger partial charge >= 0.3 is 6.09 Å². The molecule has 1 aromatic carbocycles. The highest BCUT2D eigenvalue weighted by Gasteiger charge is 2.23. The molecule has 2 rings (SSSR count). The van der Waals surface area contributed by atoms with E-state index in [1.165, 1.54) is 0 Å². The topological polar surface area (TPSA) is 86.3 Å². The van der Waals surface area contributed by atoms with Crippen LogP contribution in [-0.2, 0) is 4.74 Å². The highest BCUT2D eigenvalue weighted by Crippen LogP contribution is 2.04. The maximum atomic E-state index is 12.0. The molecule has 0 radical (unpaired) electrons. The summed E-state index contributed by atoms with van der Waals surface area (Å²) in [5, 5.41) is 6.11. The molecule has 2 N–H and O–H groups in total. The molecular formula is C18H28IN5O3. The van der Waals surface area contributed by atoms with Gasteiger partial charge in [-0.25, -0.2) is 4.79 Å². The first-order valence-electron chi connectivity index (χ1n) is 8.86. The Kier molecular flexibility index (Phi) is 10.5. The molecule has 0 aromatic heterocycles. The minimum absolute atomic E-state index is 0. The zero-order chi connectivity index (χ0) is 18.8. The van der Waals surface area contributed by atoms with Gasteiger partial charge in [0.25, 0.3) is 5.91 Å². The first-order valence-corrected chi connectivity index (χ1v) is 8.86. The van der Waals surface area contributed by atoms with Gasteiger partial charge in [-0.3, -0.25) is 9.79 Å². The lowest BCUT2D eigenvalue weighted by Crippen LogP contribution is -2.54. The molecular weight excluding hydrogens is 461 g/mol. The molecule has 0 spiro atoms. The fourth-order valence-electron chi connectivity index (χ4n) is 2.69. The first kappa shape index (κ1) is 23.0. The number of ether oxygens (including phenoxy) is 1. The molecule has 0 unspecified atom stereocenters. The van der Waals surface area contributed by atoms with E-state index in [-0.39, 0.29) is 36.0 Å². The third-order valence-corrected chi connectivity index (χ3v) is 4.05. The molecule has 0 bridgehead atoms. The molecule has 0 aliphatic carbocycles. The van der Waals surface area contributed by atoms with Crippen molar-refractivity contribution in [2.24, 2.45) is 4.99 Å². The largest absolute Gasteiger partial charge is 0.450 e. The summed E-state index contributed by atoms with van der Waals surface area (Å²) in [6.45, 7) is 5.84. The number of hydrogen-bond acceptors (Lipinski definition) is 4. The van der Waals surface area contributed by atoms with Gasteiger partial charge < -0.3 is 25.2 Å². The van der Waals surface area contributed by atoms with Crippen LogP contribution in [-0.4, -0.2) is 80.7 Å². The Morgan fingerprint density at radius 2 is 1.63 bits per heavy atom. The van der Waals surface area contributed by atoms with E-state index in [1.54, 1.807) is 31.0 Å². The molecule has 0 saturated carbocycles. The van der Waals surface area contributed by atoms with Crippen molar-refractivity contribution in [2.45, 2.75) is 6.92 Å². The summed E-state index contributed by atoms with van der Waals surface area (Å²) in [7, 11) is 1.72. The van der Waals surface area contributed by atoms with Gasteiger partial charge in [-0.1, -0.05) is 18.2 Å². The lowest BCUT2D eigenvalue weighted by atomic mass is 10.2. The molecule has 1 saturated heterocycles. The molecule has 1 fully saturated rings. The predicted molar refractivity (Wildman–Crippen MR) is 116 cm³/mol. The van der Waals surface area contributed by atoms with E-state index in [0.717, 1.165) is 5.96 Å². The average molecular weight is 489 g/mol. The van der Waals surface area contributed by atoms with Crippen LogP contribution in [0.3, 0.4) is 0 Å². The van der Waals surface area contributed by atoms with E-state index < -0.39 is 0 Å². The number of amides is 2. The van der Waals surface area contributed by atoms with E-state index in [4.69, 9.17) is 4.74 Å². The van der Waals surface area contributed by atoms with Crippen molar-refractivity contribution in [1.29, 1.82) is 0 Å². The van der Waals surface area contributed by atoms with Crippen molar-refractivity contribution in [1.82, 2.24) is 20.4 Å². The molecule has 1 aliphatic heterocycles. The van der Waals surface area contributed by atoms with Gasteiger partial charge in [0.05, 0.1) is 6.61 Å². The molecule has 150 valence electrons. The number of piperazine rings is 1. The third-order valence-electron chi connectivity index (χ3n) is 4.05. The number of carbonyl (C=O) groups excluding carboxylic acids is 2. The maximum Gasteiger partial charge on any atom is 0.409 e. The molecule has 0 atom stereocenters. The zero-order valence-corrected chi connectivity index (χ0v) is 18.1. The van der Waals surface area contributed by atoms with E-state index in [1.807, 2.05) is 18.2 Å². The second kappa shape index (κ2) is 12.4. The quantitative estimate of drug-likeness (QED) is 0.283. The van der Waals surface area contributed by atoms with E-state index in [2.05, 4.69) is 20.5 Å². The monoisotopic (exact) mass is 489 g/mol. The standard InChI is InChI=1S/C18H27N5O3.HI/c1-3-26-18(25)23-13-11-22(12-14-23)17(19-2)21-10-9-20-16(24)15-7-5-4-6-8-15;/h4-8H,3,9-14H2,1-2H3,(H,19,21)(H,20,24);1H. The SMILES string of the molecule is CCOC(=O)N1CCN(C(=NC)NCCNC(=O)c2ccccc2)CC1.I. The number of nitrogens with one attached hydrogen (secondary N) is 2.